The maximum atomic E-state index is 14.1. The molecule has 2 N–H and O–H groups in total. The highest BCUT2D eigenvalue weighted by atomic mass is 16.8. The van der Waals surface area contributed by atoms with E-state index in [-0.39, 0.29) is 37.9 Å². The Hall–Kier alpha value is -5.72. The van der Waals surface area contributed by atoms with Gasteiger partial charge in [-0.25, -0.2) is 19.2 Å². The number of hydrogen-bond acceptors (Lipinski definition) is 10. The minimum atomic E-state index is -1.19. The lowest BCUT2D eigenvalue weighted by atomic mass is 9.93. The lowest BCUT2D eigenvalue weighted by Crippen LogP contribution is -2.52. The van der Waals surface area contributed by atoms with E-state index in [9.17, 15) is 19.2 Å². The lowest BCUT2D eigenvalue weighted by molar-refractivity contribution is -0.176. The van der Waals surface area contributed by atoms with Gasteiger partial charge in [-0.2, -0.15) is 0 Å². The molecule has 1 saturated heterocycles. The van der Waals surface area contributed by atoms with E-state index in [1.54, 1.807) is 41.5 Å². The standard InChI is InChI=1S/C47H56N2O10/c1-31(2)39(48-45(52)54-29-35-23-15-9-16-24-35)43(50)56-37(27-33-19-11-7-12-20-33)41-42(59-47(5,6)58-41)38(28-34-21-13-8-14-22-34)57-44(51)40(32(3)4)49-46(53)55-30-36-25-17-10-18-26-36/h7-26,31-32,37-42H,27-30H2,1-6H3,(H,48,52)(H,49,53)/t37-,38-,39-,40-,41-,42-/m0/s1. The first-order chi connectivity index (χ1) is 28.3. The molecule has 4 aromatic carbocycles. The summed E-state index contributed by atoms with van der Waals surface area (Å²) in [5.41, 5.74) is 3.29. The summed E-state index contributed by atoms with van der Waals surface area (Å²) in [7, 11) is 0. The zero-order valence-corrected chi connectivity index (χ0v) is 34.6. The topological polar surface area (TPSA) is 148 Å². The molecule has 12 nitrogen and oxygen atoms in total. The van der Waals surface area contributed by atoms with E-state index in [1.165, 1.54) is 0 Å². The molecule has 6 atom stereocenters. The van der Waals surface area contributed by atoms with Crippen LogP contribution in [0.15, 0.2) is 121 Å². The number of nitrogens with one attached hydrogen (secondary N) is 2. The smallest absolute Gasteiger partial charge is 0.408 e. The normalized spacial score (nSPS) is 17.9. The Morgan fingerprint density at radius 3 is 1.14 bits per heavy atom. The third-order valence-corrected chi connectivity index (χ3v) is 9.80. The quantitative estimate of drug-likeness (QED) is 0.0757. The van der Waals surface area contributed by atoms with Crippen molar-refractivity contribution >= 4 is 24.1 Å². The molecule has 0 aromatic heterocycles. The predicted octanol–water partition coefficient (Wildman–Crippen LogP) is 7.72. The fourth-order valence-electron chi connectivity index (χ4n) is 6.76. The van der Waals surface area contributed by atoms with Crippen LogP contribution in [-0.2, 0) is 64.1 Å². The summed E-state index contributed by atoms with van der Waals surface area (Å²) < 4.78 is 36.7. The van der Waals surface area contributed by atoms with Crippen LogP contribution in [0.5, 0.6) is 0 Å². The molecule has 314 valence electrons. The first-order valence-corrected chi connectivity index (χ1v) is 20.1. The maximum absolute atomic E-state index is 14.1. The first kappa shape index (κ1) is 44.4. The largest absolute Gasteiger partial charge is 0.458 e. The molecule has 59 heavy (non-hydrogen) atoms. The van der Waals surface area contributed by atoms with E-state index in [2.05, 4.69) is 10.6 Å². The monoisotopic (exact) mass is 808 g/mol. The minimum Gasteiger partial charge on any atom is -0.458 e. The summed E-state index contributed by atoms with van der Waals surface area (Å²) in [6.07, 6.45) is -4.94. The summed E-state index contributed by atoms with van der Waals surface area (Å²) in [4.78, 5) is 54.2. The highest BCUT2D eigenvalue weighted by Gasteiger charge is 2.52. The van der Waals surface area contributed by atoms with Gasteiger partial charge in [0.2, 0.25) is 0 Å². The van der Waals surface area contributed by atoms with Crippen LogP contribution in [0.4, 0.5) is 9.59 Å². The Morgan fingerprint density at radius 2 is 0.831 bits per heavy atom. The first-order valence-electron chi connectivity index (χ1n) is 20.1. The van der Waals surface area contributed by atoms with Gasteiger partial charge in [0.05, 0.1) is 0 Å². The number of benzene rings is 4. The number of carbonyl (C=O) groups is 4. The molecule has 2 amide bonds. The van der Waals surface area contributed by atoms with Crippen molar-refractivity contribution in [1.29, 1.82) is 0 Å². The molecule has 1 heterocycles. The van der Waals surface area contributed by atoms with E-state index in [1.807, 2.05) is 121 Å². The van der Waals surface area contributed by atoms with E-state index in [0.29, 0.717) is 0 Å². The van der Waals surface area contributed by atoms with Gasteiger partial charge in [-0.15, -0.1) is 0 Å². The lowest BCUT2D eigenvalue weighted by Gasteiger charge is -2.33. The van der Waals surface area contributed by atoms with Crippen molar-refractivity contribution in [2.24, 2.45) is 11.8 Å². The molecule has 12 heteroatoms. The Morgan fingerprint density at radius 1 is 0.525 bits per heavy atom. The van der Waals surface area contributed by atoms with Gasteiger partial charge in [0, 0.05) is 12.8 Å². The molecule has 1 fully saturated rings. The minimum absolute atomic E-state index is 0.0246. The summed E-state index contributed by atoms with van der Waals surface area (Å²) in [5, 5.41) is 5.38. The molecule has 1 aliphatic heterocycles. The van der Waals surface area contributed by atoms with E-state index in [4.69, 9.17) is 28.4 Å². The van der Waals surface area contributed by atoms with Gasteiger partial charge in [-0.1, -0.05) is 149 Å². The van der Waals surface area contributed by atoms with Crippen molar-refractivity contribution in [3.8, 4) is 0 Å². The number of alkyl carbamates (subject to hydrolysis) is 2. The Bertz CT molecular complexity index is 1790. The van der Waals surface area contributed by atoms with Gasteiger partial charge in [-0.05, 0) is 47.9 Å². The van der Waals surface area contributed by atoms with Gasteiger partial charge in [-0.3, -0.25) is 0 Å². The number of rotatable bonds is 18. The van der Waals surface area contributed by atoms with Crippen molar-refractivity contribution in [2.75, 3.05) is 0 Å². The van der Waals surface area contributed by atoms with Gasteiger partial charge in [0.15, 0.2) is 5.79 Å². The Labute approximate surface area is 346 Å². The van der Waals surface area contributed by atoms with Crippen LogP contribution in [-0.4, -0.2) is 66.4 Å². The number of ether oxygens (including phenoxy) is 6. The molecule has 5 rings (SSSR count). The van der Waals surface area contributed by atoms with Crippen LogP contribution in [0.1, 0.15) is 63.8 Å². The summed E-state index contributed by atoms with van der Waals surface area (Å²) >= 11 is 0. The average molecular weight is 809 g/mol. The SMILES string of the molecule is CC(C)[C@H](NC(=O)OCc1ccccc1)C(=O)O[C@@H](Cc1ccccc1)[C@@H]1OC(C)(C)O[C@H]1[C@H](Cc1ccccc1)OC(=O)[C@@H](NC(=O)OCc1ccccc1)C(C)C. The molecule has 0 spiro atoms. The molecular weight excluding hydrogens is 753 g/mol. The van der Waals surface area contributed by atoms with Crippen molar-refractivity contribution in [3.63, 3.8) is 0 Å². The Kier molecular flexibility index (Phi) is 16.0. The maximum Gasteiger partial charge on any atom is 0.408 e. The van der Waals surface area contributed by atoms with E-state index in [0.717, 1.165) is 22.3 Å². The Balaban J connectivity index is 1.40. The van der Waals surface area contributed by atoms with Crippen molar-refractivity contribution in [2.45, 2.75) is 110 Å². The van der Waals surface area contributed by atoms with Crippen LogP contribution < -0.4 is 10.6 Å². The number of esters is 2. The summed E-state index contributed by atoms with van der Waals surface area (Å²) in [5.74, 6) is -3.32. The van der Waals surface area contributed by atoms with Crippen molar-refractivity contribution in [3.05, 3.63) is 144 Å². The van der Waals surface area contributed by atoms with Crippen LogP contribution >= 0.6 is 0 Å². The second kappa shape index (κ2) is 21.3. The fourth-order valence-corrected chi connectivity index (χ4v) is 6.76. The number of amides is 2. The molecule has 0 unspecified atom stereocenters. The van der Waals surface area contributed by atoms with Crippen LogP contribution in [0.2, 0.25) is 0 Å². The molecule has 4 aromatic rings. The molecule has 1 aliphatic rings. The van der Waals surface area contributed by atoms with Gasteiger partial charge in [0.1, 0.15) is 49.7 Å². The molecule has 0 bridgehead atoms. The van der Waals surface area contributed by atoms with Crippen molar-refractivity contribution < 1.29 is 47.6 Å². The van der Waals surface area contributed by atoms with Gasteiger partial charge >= 0.3 is 24.1 Å². The van der Waals surface area contributed by atoms with E-state index >= 15 is 0 Å². The van der Waals surface area contributed by atoms with Gasteiger partial charge in [0.25, 0.3) is 0 Å². The summed E-state index contributed by atoms with van der Waals surface area (Å²) in [6, 6.07) is 35.2. The van der Waals surface area contributed by atoms with Gasteiger partial charge < -0.3 is 39.1 Å². The van der Waals surface area contributed by atoms with Crippen LogP contribution in [0, 0.1) is 11.8 Å². The molecular formula is C47H56N2O10. The van der Waals surface area contributed by atoms with Crippen LogP contribution in [0.3, 0.4) is 0 Å². The second-order valence-electron chi connectivity index (χ2n) is 15.8. The predicted molar refractivity (Wildman–Crippen MR) is 221 cm³/mol. The average Bonchev–Trinajstić information content (AvgIpc) is 3.56. The fraction of sp³-hybridized carbons (Fsp3) is 0.404. The highest BCUT2D eigenvalue weighted by Crippen LogP contribution is 2.36. The van der Waals surface area contributed by atoms with Crippen LogP contribution in [0.25, 0.3) is 0 Å². The third kappa shape index (κ3) is 13.7. The summed E-state index contributed by atoms with van der Waals surface area (Å²) in [6.45, 7) is 10.7. The molecule has 0 saturated carbocycles. The number of carbonyl (C=O) groups excluding carboxylic acids is 4. The highest BCUT2D eigenvalue weighted by molar-refractivity contribution is 5.82. The second-order valence-corrected chi connectivity index (χ2v) is 15.8. The zero-order valence-electron chi connectivity index (χ0n) is 34.6. The van der Waals surface area contributed by atoms with E-state index < -0.39 is 66.4 Å². The zero-order chi connectivity index (χ0) is 42.4. The third-order valence-electron chi connectivity index (χ3n) is 9.80. The molecule has 0 radical (unpaired) electrons. The van der Waals surface area contributed by atoms with Crippen molar-refractivity contribution in [1.82, 2.24) is 10.6 Å². The number of hydrogen-bond donors (Lipinski definition) is 2. The molecule has 0 aliphatic carbocycles.